The summed E-state index contributed by atoms with van der Waals surface area (Å²) in [5.41, 5.74) is 1.18. The van der Waals surface area contributed by atoms with Gasteiger partial charge in [0.1, 0.15) is 0 Å². The number of hydrogen-bond donors (Lipinski definition) is 1. The minimum absolute atomic E-state index is 0.113. The standard InChI is InChI=1S/C23H26BrNO6/c1-6-30-21-18(24)11-16(12-19(21)29-5)23(28)31-14(4)20(26)15-7-9-17(10-8-15)25-22(27)13(2)3/h7-14H,6H2,1-5H3,(H,25,27). The highest BCUT2D eigenvalue weighted by atomic mass is 79.9. The Morgan fingerprint density at radius 2 is 1.68 bits per heavy atom. The number of rotatable bonds is 9. The molecule has 166 valence electrons. The van der Waals surface area contributed by atoms with Gasteiger partial charge in [0.05, 0.1) is 23.8 Å². The van der Waals surface area contributed by atoms with Crippen LogP contribution in [0.5, 0.6) is 11.5 Å². The van der Waals surface area contributed by atoms with E-state index in [1.165, 1.54) is 20.1 Å². The molecule has 1 amide bonds. The molecule has 2 aromatic rings. The Bertz CT molecular complexity index is 955. The molecule has 0 radical (unpaired) electrons. The Morgan fingerprint density at radius 3 is 2.23 bits per heavy atom. The smallest absolute Gasteiger partial charge is 0.339 e. The lowest BCUT2D eigenvalue weighted by Crippen LogP contribution is -2.24. The van der Waals surface area contributed by atoms with Crippen molar-refractivity contribution in [2.24, 2.45) is 5.92 Å². The van der Waals surface area contributed by atoms with Crippen LogP contribution in [0.2, 0.25) is 0 Å². The van der Waals surface area contributed by atoms with Crippen molar-refractivity contribution in [2.75, 3.05) is 19.0 Å². The van der Waals surface area contributed by atoms with E-state index in [-0.39, 0.29) is 23.2 Å². The summed E-state index contributed by atoms with van der Waals surface area (Å²) < 4.78 is 16.7. The first-order valence-corrected chi connectivity index (χ1v) is 10.6. The normalized spacial score (nSPS) is 11.6. The molecule has 1 atom stereocenters. The van der Waals surface area contributed by atoms with Gasteiger partial charge < -0.3 is 19.5 Å². The lowest BCUT2D eigenvalue weighted by Gasteiger charge is -2.15. The monoisotopic (exact) mass is 491 g/mol. The van der Waals surface area contributed by atoms with Crippen molar-refractivity contribution in [3.63, 3.8) is 0 Å². The lowest BCUT2D eigenvalue weighted by molar-refractivity contribution is -0.118. The largest absolute Gasteiger partial charge is 0.493 e. The van der Waals surface area contributed by atoms with Crippen molar-refractivity contribution in [3.05, 3.63) is 52.0 Å². The predicted molar refractivity (Wildman–Crippen MR) is 121 cm³/mol. The third kappa shape index (κ3) is 6.30. The van der Waals surface area contributed by atoms with Crippen molar-refractivity contribution >= 4 is 39.3 Å². The zero-order valence-corrected chi connectivity index (χ0v) is 19.7. The number of esters is 1. The van der Waals surface area contributed by atoms with Crippen LogP contribution in [0.3, 0.4) is 0 Å². The first kappa shape index (κ1) is 24.4. The molecule has 8 heteroatoms. The van der Waals surface area contributed by atoms with Crippen LogP contribution >= 0.6 is 15.9 Å². The Morgan fingerprint density at radius 1 is 1.03 bits per heavy atom. The molecular weight excluding hydrogens is 466 g/mol. The molecule has 0 aliphatic carbocycles. The highest BCUT2D eigenvalue weighted by Gasteiger charge is 2.23. The van der Waals surface area contributed by atoms with Gasteiger partial charge in [0, 0.05) is 17.2 Å². The number of methoxy groups -OCH3 is 1. The van der Waals surface area contributed by atoms with E-state index in [1.807, 2.05) is 6.92 Å². The van der Waals surface area contributed by atoms with E-state index in [2.05, 4.69) is 21.2 Å². The van der Waals surface area contributed by atoms with Gasteiger partial charge in [0.15, 0.2) is 17.6 Å². The number of carbonyl (C=O) groups excluding carboxylic acids is 3. The molecular formula is C23H26BrNO6. The molecule has 31 heavy (non-hydrogen) atoms. The van der Waals surface area contributed by atoms with E-state index < -0.39 is 12.1 Å². The number of ketones is 1. The van der Waals surface area contributed by atoms with Crippen LogP contribution in [0.4, 0.5) is 5.69 Å². The van der Waals surface area contributed by atoms with E-state index in [0.29, 0.717) is 33.8 Å². The summed E-state index contributed by atoms with van der Waals surface area (Å²) in [5, 5.41) is 2.76. The highest BCUT2D eigenvalue weighted by Crippen LogP contribution is 2.37. The van der Waals surface area contributed by atoms with E-state index in [9.17, 15) is 14.4 Å². The predicted octanol–water partition coefficient (Wildman–Crippen LogP) is 4.88. The molecule has 0 saturated carbocycles. The molecule has 1 unspecified atom stereocenters. The number of halogens is 1. The maximum atomic E-state index is 12.7. The fraction of sp³-hybridized carbons (Fsp3) is 0.348. The minimum Gasteiger partial charge on any atom is -0.493 e. The summed E-state index contributed by atoms with van der Waals surface area (Å²) in [7, 11) is 1.47. The van der Waals surface area contributed by atoms with Gasteiger partial charge in [-0.1, -0.05) is 13.8 Å². The summed E-state index contributed by atoms with van der Waals surface area (Å²) in [6.07, 6.45) is -1.00. The molecule has 0 bridgehead atoms. The second-order valence-electron chi connectivity index (χ2n) is 7.06. The van der Waals surface area contributed by atoms with Crippen molar-refractivity contribution < 1.29 is 28.6 Å². The molecule has 7 nitrogen and oxygen atoms in total. The first-order valence-electron chi connectivity index (χ1n) is 9.84. The van der Waals surface area contributed by atoms with Crippen LogP contribution in [-0.2, 0) is 9.53 Å². The quantitative estimate of drug-likeness (QED) is 0.397. The second-order valence-corrected chi connectivity index (χ2v) is 7.91. The maximum absolute atomic E-state index is 12.7. The molecule has 0 saturated heterocycles. The van der Waals surface area contributed by atoms with Crippen molar-refractivity contribution in [2.45, 2.75) is 33.8 Å². The summed E-state index contributed by atoms with van der Waals surface area (Å²) in [4.78, 5) is 37.0. The zero-order chi connectivity index (χ0) is 23.1. The zero-order valence-electron chi connectivity index (χ0n) is 18.2. The Balaban J connectivity index is 2.09. The van der Waals surface area contributed by atoms with Gasteiger partial charge in [-0.05, 0) is 66.2 Å². The van der Waals surface area contributed by atoms with Crippen LogP contribution in [0.1, 0.15) is 48.4 Å². The SMILES string of the molecule is CCOc1c(Br)cc(C(=O)OC(C)C(=O)c2ccc(NC(=O)C(C)C)cc2)cc1OC. The van der Waals surface area contributed by atoms with E-state index in [1.54, 1.807) is 44.2 Å². The molecule has 1 N–H and O–H groups in total. The van der Waals surface area contributed by atoms with Gasteiger partial charge in [-0.15, -0.1) is 0 Å². The average Bonchev–Trinajstić information content (AvgIpc) is 2.74. The van der Waals surface area contributed by atoms with Crippen molar-refractivity contribution in [3.8, 4) is 11.5 Å². The third-order valence-electron chi connectivity index (χ3n) is 4.37. The van der Waals surface area contributed by atoms with E-state index >= 15 is 0 Å². The maximum Gasteiger partial charge on any atom is 0.339 e. The molecule has 2 rings (SSSR count). The number of Topliss-reactive ketones (excluding diaryl/α,β-unsaturated/α-hetero) is 1. The fourth-order valence-electron chi connectivity index (χ4n) is 2.64. The molecule has 0 fully saturated rings. The Labute approximate surface area is 190 Å². The molecule has 0 aliphatic rings. The second kappa shape index (κ2) is 10.9. The third-order valence-corrected chi connectivity index (χ3v) is 4.96. The summed E-state index contributed by atoms with van der Waals surface area (Å²) >= 11 is 3.36. The minimum atomic E-state index is -1.00. The molecule has 0 heterocycles. The van der Waals surface area contributed by atoms with Gasteiger partial charge in [0.2, 0.25) is 11.7 Å². The Kier molecular flexibility index (Phi) is 8.62. The number of benzene rings is 2. The van der Waals surface area contributed by atoms with E-state index in [4.69, 9.17) is 14.2 Å². The number of amides is 1. The average molecular weight is 492 g/mol. The van der Waals surface area contributed by atoms with Crippen LogP contribution < -0.4 is 14.8 Å². The van der Waals surface area contributed by atoms with Crippen LogP contribution in [0.25, 0.3) is 0 Å². The molecule has 0 spiro atoms. The van der Waals surface area contributed by atoms with Gasteiger partial charge in [-0.2, -0.15) is 0 Å². The molecule has 0 aliphatic heterocycles. The topological polar surface area (TPSA) is 90.9 Å². The summed E-state index contributed by atoms with van der Waals surface area (Å²) in [6, 6.07) is 9.49. The molecule has 2 aromatic carbocycles. The number of anilines is 1. The van der Waals surface area contributed by atoms with Crippen LogP contribution in [-0.4, -0.2) is 37.5 Å². The Hall–Kier alpha value is -2.87. The van der Waals surface area contributed by atoms with Crippen molar-refractivity contribution in [1.29, 1.82) is 0 Å². The van der Waals surface area contributed by atoms with Gasteiger partial charge in [-0.3, -0.25) is 9.59 Å². The van der Waals surface area contributed by atoms with Gasteiger partial charge >= 0.3 is 5.97 Å². The summed E-state index contributed by atoms with van der Waals surface area (Å²) in [5.74, 6) is -0.424. The fourth-order valence-corrected chi connectivity index (χ4v) is 3.20. The molecule has 0 aromatic heterocycles. The van der Waals surface area contributed by atoms with Crippen LogP contribution in [0, 0.1) is 5.92 Å². The first-order chi connectivity index (χ1) is 14.7. The van der Waals surface area contributed by atoms with Gasteiger partial charge in [0.25, 0.3) is 0 Å². The van der Waals surface area contributed by atoms with Crippen LogP contribution in [0.15, 0.2) is 40.9 Å². The lowest BCUT2D eigenvalue weighted by atomic mass is 10.1. The summed E-state index contributed by atoms with van der Waals surface area (Å²) in [6.45, 7) is 7.37. The number of carbonyl (C=O) groups is 3. The number of ether oxygens (including phenoxy) is 3. The van der Waals surface area contributed by atoms with Crippen molar-refractivity contribution in [1.82, 2.24) is 0 Å². The van der Waals surface area contributed by atoms with Gasteiger partial charge in [-0.25, -0.2) is 4.79 Å². The number of hydrogen-bond acceptors (Lipinski definition) is 6. The number of nitrogens with one attached hydrogen (secondary N) is 1. The van der Waals surface area contributed by atoms with E-state index in [0.717, 1.165) is 0 Å². The highest BCUT2D eigenvalue weighted by molar-refractivity contribution is 9.10.